The van der Waals surface area contributed by atoms with Gasteiger partial charge in [0.1, 0.15) is 4.90 Å². The molecule has 0 fully saturated rings. The zero-order valence-corrected chi connectivity index (χ0v) is 22.4. The van der Waals surface area contributed by atoms with Crippen LogP contribution in [0.2, 0.25) is 0 Å². The standard InChI is InChI=1S/C25H23NO8S3/c1-17-4-9-21(10-5-17)35(27,28)26(3)20-8-13-24-19(14-20)15-23(36(29,30)31)16-25(24)34-37(32,33)22-11-6-18(2)7-12-22/h4-16H,1-3H3,(H,29,30,31). The molecule has 0 bridgehead atoms. The number of rotatable bonds is 7. The summed E-state index contributed by atoms with van der Waals surface area (Å²) >= 11 is 0. The summed E-state index contributed by atoms with van der Waals surface area (Å²) in [6.45, 7) is 3.61. The van der Waals surface area contributed by atoms with Crippen LogP contribution < -0.4 is 8.49 Å². The first-order valence-corrected chi connectivity index (χ1v) is 15.1. The SMILES string of the molecule is Cc1ccc(S(=O)(=O)Oc2cc(S(=O)(=O)O)cc3cc(N(C)S(=O)(=O)c4ccc(C)cc4)ccc23)cc1. The molecule has 0 saturated carbocycles. The summed E-state index contributed by atoms with van der Waals surface area (Å²) in [5.41, 5.74) is 1.89. The molecule has 0 spiro atoms. The molecule has 1 N–H and O–H groups in total. The number of nitrogens with zero attached hydrogens (tertiary/aromatic N) is 1. The Morgan fingerprint density at radius 2 is 1.22 bits per heavy atom. The van der Waals surface area contributed by atoms with Crippen LogP contribution in [-0.2, 0) is 30.3 Å². The normalized spacial score (nSPS) is 12.4. The third-order valence-electron chi connectivity index (χ3n) is 5.72. The highest BCUT2D eigenvalue weighted by Crippen LogP contribution is 2.35. The van der Waals surface area contributed by atoms with Crippen molar-refractivity contribution in [2.75, 3.05) is 11.4 Å². The third-order valence-corrected chi connectivity index (χ3v) is 9.60. The zero-order valence-electron chi connectivity index (χ0n) is 20.0. The first kappa shape index (κ1) is 26.6. The quantitative estimate of drug-likeness (QED) is 0.261. The molecular weight excluding hydrogens is 538 g/mol. The molecule has 0 unspecified atom stereocenters. The van der Waals surface area contributed by atoms with E-state index >= 15 is 0 Å². The number of anilines is 1. The van der Waals surface area contributed by atoms with Gasteiger partial charge in [0.2, 0.25) is 0 Å². The molecule has 4 aromatic carbocycles. The lowest BCUT2D eigenvalue weighted by molar-refractivity contribution is 0.477. The summed E-state index contributed by atoms with van der Waals surface area (Å²) < 4.78 is 91.9. The van der Waals surface area contributed by atoms with Gasteiger partial charge in [0.25, 0.3) is 20.1 Å². The fourth-order valence-corrected chi connectivity index (χ4v) is 6.25. The molecule has 4 rings (SSSR count). The number of benzene rings is 4. The van der Waals surface area contributed by atoms with Crippen LogP contribution >= 0.6 is 0 Å². The maximum atomic E-state index is 13.1. The molecule has 0 saturated heterocycles. The third kappa shape index (κ3) is 5.47. The molecule has 0 radical (unpaired) electrons. The van der Waals surface area contributed by atoms with Gasteiger partial charge in [-0.1, -0.05) is 35.4 Å². The molecule has 194 valence electrons. The lowest BCUT2D eigenvalue weighted by Crippen LogP contribution is -2.26. The zero-order chi connectivity index (χ0) is 27.2. The van der Waals surface area contributed by atoms with Gasteiger partial charge >= 0.3 is 10.1 Å². The van der Waals surface area contributed by atoms with E-state index in [0.29, 0.717) is 0 Å². The second-order valence-electron chi connectivity index (χ2n) is 8.44. The lowest BCUT2D eigenvalue weighted by Gasteiger charge is -2.20. The second kappa shape index (κ2) is 9.45. The minimum Gasteiger partial charge on any atom is -0.378 e. The smallest absolute Gasteiger partial charge is 0.339 e. The van der Waals surface area contributed by atoms with Crippen molar-refractivity contribution in [2.24, 2.45) is 0 Å². The fourth-order valence-electron chi connectivity index (χ4n) is 3.59. The molecule has 0 aliphatic carbocycles. The Labute approximate surface area is 215 Å². The van der Waals surface area contributed by atoms with Crippen LogP contribution in [0.1, 0.15) is 11.1 Å². The predicted octanol–water partition coefficient (Wildman–Crippen LogP) is 4.30. The van der Waals surface area contributed by atoms with Crippen LogP contribution in [0, 0.1) is 13.8 Å². The van der Waals surface area contributed by atoms with Gasteiger partial charge in [0.15, 0.2) is 5.75 Å². The van der Waals surface area contributed by atoms with E-state index in [4.69, 9.17) is 4.18 Å². The van der Waals surface area contributed by atoms with Crippen LogP contribution in [0.4, 0.5) is 5.69 Å². The summed E-state index contributed by atoms with van der Waals surface area (Å²) in [5, 5.41) is 0.320. The molecule has 0 aromatic heterocycles. The molecule has 0 heterocycles. The topological polar surface area (TPSA) is 135 Å². The van der Waals surface area contributed by atoms with E-state index in [9.17, 15) is 29.8 Å². The van der Waals surface area contributed by atoms with Gasteiger partial charge in [0.05, 0.1) is 15.5 Å². The molecule has 0 aliphatic rings. The summed E-state index contributed by atoms with van der Waals surface area (Å²) in [5.74, 6) is -0.346. The molecule has 4 aromatic rings. The number of aryl methyl sites for hydroxylation is 2. The number of sulfonamides is 1. The highest BCUT2D eigenvalue weighted by Gasteiger charge is 2.24. The van der Waals surface area contributed by atoms with Crippen molar-refractivity contribution >= 4 is 46.7 Å². The summed E-state index contributed by atoms with van der Waals surface area (Å²) in [4.78, 5) is -0.708. The maximum Gasteiger partial charge on any atom is 0.339 e. The number of hydrogen-bond donors (Lipinski definition) is 1. The van der Waals surface area contributed by atoms with Gasteiger partial charge in [-0.15, -0.1) is 0 Å². The Balaban J connectivity index is 1.83. The largest absolute Gasteiger partial charge is 0.378 e. The van der Waals surface area contributed by atoms with E-state index in [1.165, 1.54) is 49.5 Å². The van der Waals surface area contributed by atoms with Crippen molar-refractivity contribution in [2.45, 2.75) is 28.5 Å². The van der Waals surface area contributed by atoms with Crippen molar-refractivity contribution in [3.63, 3.8) is 0 Å². The van der Waals surface area contributed by atoms with E-state index in [-0.39, 0.29) is 32.0 Å². The molecule has 0 amide bonds. The Bertz CT molecular complexity index is 1810. The fraction of sp³-hybridized carbons (Fsp3) is 0.120. The van der Waals surface area contributed by atoms with Gasteiger partial charge in [-0.25, -0.2) is 8.42 Å². The van der Waals surface area contributed by atoms with Crippen molar-refractivity contribution in [3.8, 4) is 5.75 Å². The minimum absolute atomic E-state index is 0.0561. The average molecular weight is 562 g/mol. The Hall–Kier alpha value is -3.45. The van der Waals surface area contributed by atoms with E-state index < -0.39 is 35.2 Å². The molecule has 9 nitrogen and oxygen atoms in total. The van der Waals surface area contributed by atoms with Gasteiger partial charge in [-0.05, 0) is 67.8 Å². The Morgan fingerprint density at radius 3 is 1.76 bits per heavy atom. The Morgan fingerprint density at radius 1 is 0.676 bits per heavy atom. The van der Waals surface area contributed by atoms with Crippen molar-refractivity contribution in [1.29, 1.82) is 0 Å². The monoisotopic (exact) mass is 561 g/mol. The predicted molar refractivity (Wildman–Crippen MR) is 140 cm³/mol. The van der Waals surface area contributed by atoms with E-state index in [1.807, 2.05) is 6.92 Å². The Kier molecular flexibility index (Phi) is 6.80. The summed E-state index contributed by atoms with van der Waals surface area (Å²) in [6.07, 6.45) is 0. The molecule has 12 heteroatoms. The van der Waals surface area contributed by atoms with Crippen LogP contribution in [0.5, 0.6) is 5.75 Å². The molecule has 0 aliphatic heterocycles. The van der Waals surface area contributed by atoms with Crippen LogP contribution in [-0.4, -0.2) is 36.9 Å². The molecule has 0 atom stereocenters. The van der Waals surface area contributed by atoms with Crippen LogP contribution in [0.15, 0.2) is 93.5 Å². The molecule has 37 heavy (non-hydrogen) atoms. The van der Waals surface area contributed by atoms with Crippen LogP contribution in [0.25, 0.3) is 10.8 Å². The van der Waals surface area contributed by atoms with E-state index in [1.54, 1.807) is 31.2 Å². The van der Waals surface area contributed by atoms with Gasteiger partial charge < -0.3 is 4.18 Å². The van der Waals surface area contributed by atoms with E-state index in [0.717, 1.165) is 27.6 Å². The van der Waals surface area contributed by atoms with Crippen molar-refractivity contribution in [1.82, 2.24) is 0 Å². The van der Waals surface area contributed by atoms with Crippen LogP contribution in [0.3, 0.4) is 0 Å². The first-order chi connectivity index (χ1) is 17.2. The van der Waals surface area contributed by atoms with Crippen molar-refractivity contribution in [3.05, 3.63) is 90.0 Å². The first-order valence-electron chi connectivity index (χ1n) is 10.8. The van der Waals surface area contributed by atoms with Gasteiger partial charge in [0, 0.05) is 18.5 Å². The number of hydrogen-bond acceptors (Lipinski definition) is 7. The maximum absolute atomic E-state index is 13.1. The second-order valence-corrected chi connectivity index (χ2v) is 13.4. The molecular formula is C25H23NO8S3. The average Bonchev–Trinajstić information content (AvgIpc) is 2.83. The summed E-state index contributed by atoms with van der Waals surface area (Å²) in [7, 11) is -11.7. The van der Waals surface area contributed by atoms with Gasteiger partial charge in [-0.3, -0.25) is 8.86 Å². The highest BCUT2D eigenvalue weighted by atomic mass is 32.2. The number of fused-ring (bicyclic) bond motifs is 1. The van der Waals surface area contributed by atoms with Gasteiger partial charge in [-0.2, -0.15) is 16.8 Å². The summed E-state index contributed by atoms with van der Waals surface area (Å²) in [6, 6.07) is 18.4. The van der Waals surface area contributed by atoms with E-state index in [2.05, 4.69) is 0 Å². The van der Waals surface area contributed by atoms with Crippen molar-refractivity contribution < 1.29 is 34.0 Å². The minimum atomic E-state index is -4.76. The highest BCUT2D eigenvalue weighted by molar-refractivity contribution is 7.92. The lowest BCUT2D eigenvalue weighted by atomic mass is 10.1.